The highest BCUT2D eigenvalue weighted by molar-refractivity contribution is 5.85. The number of carboxylic acid groups (broad SMARTS) is 1. The van der Waals surface area contributed by atoms with Crippen molar-refractivity contribution in [2.24, 2.45) is 0 Å². The first-order chi connectivity index (χ1) is 19.3. The molecule has 2 aliphatic heterocycles. The van der Waals surface area contributed by atoms with Crippen LogP contribution >= 0.6 is 0 Å². The molecule has 2 aromatic rings. The molecular weight excluding hydrogens is 515 g/mol. The Morgan fingerprint density at radius 2 is 1.93 bits per heavy atom. The second-order valence-electron chi connectivity index (χ2n) is 11.0. The van der Waals surface area contributed by atoms with E-state index in [0.717, 1.165) is 41.6 Å². The van der Waals surface area contributed by atoms with E-state index in [1.807, 2.05) is 58.9 Å². The monoisotopic (exact) mass is 559 g/mol. The lowest BCUT2D eigenvalue weighted by Gasteiger charge is -2.32. The van der Waals surface area contributed by atoms with E-state index in [2.05, 4.69) is 28.8 Å². The van der Waals surface area contributed by atoms with E-state index in [1.54, 1.807) is 0 Å². The van der Waals surface area contributed by atoms with Crippen LogP contribution < -0.4 is 15.4 Å². The van der Waals surface area contributed by atoms with Crippen LogP contribution in [0, 0.1) is 0 Å². The molecule has 0 saturated carbocycles. The topological polar surface area (TPSA) is 106 Å². The molecule has 0 spiro atoms. The van der Waals surface area contributed by atoms with Crippen LogP contribution in [0.15, 0.2) is 48.5 Å². The van der Waals surface area contributed by atoms with Gasteiger partial charge < -0.3 is 30.0 Å². The van der Waals surface area contributed by atoms with Crippen molar-refractivity contribution >= 4 is 18.1 Å². The maximum Gasteiger partial charge on any atom is 0.407 e. The number of hydrogen-bond acceptors (Lipinski definition) is 6. The van der Waals surface area contributed by atoms with Crippen molar-refractivity contribution < 1.29 is 34.7 Å². The fourth-order valence-electron chi connectivity index (χ4n) is 4.20. The molecule has 220 valence electrons. The number of alkyl halides is 1. The number of carbonyl (C=O) groups excluding carboxylic acids is 1. The molecule has 1 fully saturated rings. The molecule has 0 radical (unpaired) electrons. The molecule has 1 amide bonds. The van der Waals surface area contributed by atoms with E-state index in [1.165, 1.54) is 24.5 Å². The molecule has 0 unspecified atom stereocenters. The minimum absolute atomic E-state index is 0.366. The van der Waals surface area contributed by atoms with Gasteiger partial charge in [-0.15, -0.1) is 0 Å². The molecule has 0 atom stereocenters. The summed E-state index contributed by atoms with van der Waals surface area (Å²) in [7, 11) is -1.00. The molecular formula is C31H43FN2O6. The smallest absolute Gasteiger partial charge is 0.407 e. The van der Waals surface area contributed by atoms with Gasteiger partial charge in [0.05, 0.1) is 15.1 Å². The quantitative estimate of drug-likeness (QED) is 0.375. The molecule has 2 aromatic carbocycles. The number of piperidine rings is 1. The zero-order valence-corrected chi connectivity index (χ0v) is 24.1. The molecule has 2 aliphatic rings. The Bertz CT molecular complexity index is 1160. The number of nitrogens with one attached hydrogen (secondary N) is 2. The van der Waals surface area contributed by atoms with Gasteiger partial charge in [0.15, 0.2) is 0 Å². The van der Waals surface area contributed by atoms with Gasteiger partial charge in [0, 0.05) is 32.0 Å². The lowest BCUT2D eigenvalue weighted by Crippen LogP contribution is -2.35. The molecule has 8 nitrogen and oxygen atoms in total. The normalized spacial score (nSPS) is 16.6. The summed E-state index contributed by atoms with van der Waals surface area (Å²) in [6, 6.07) is 14.0. The summed E-state index contributed by atoms with van der Waals surface area (Å²) in [6.07, 6.45) is 4.64. The van der Waals surface area contributed by atoms with Gasteiger partial charge in [0.2, 0.25) is 5.79 Å². The predicted octanol–water partition coefficient (Wildman–Crippen LogP) is 6.19. The van der Waals surface area contributed by atoms with Crippen molar-refractivity contribution in [3.8, 4) is 5.75 Å². The number of carboxylic acids is 1. The van der Waals surface area contributed by atoms with Gasteiger partial charge in [-0.3, -0.25) is 4.39 Å². The van der Waals surface area contributed by atoms with Crippen LogP contribution in [0.3, 0.4) is 0 Å². The highest BCUT2D eigenvalue weighted by atomic mass is 19.1. The number of rotatable bonds is 5. The molecule has 0 aromatic heterocycles. The molecule has 1 saturated heterocycles. The second-order valence-corrected chi connectivity index (χ2v) is 11.0. The van der Waals surface area contributed by atoms with Crippen molar-refractivity contribution in [3.63, 3.8) is 0 Å². The van der Waals surface area contributed by atoms with Crippen LogP contribution in [0.2, 0.25) is 0 Å². The SMILES string of the molecule is CC(C)(C)OC(=O)NCc1cccc(C2CCNCC2)c1.CC1(C)OCc2ccc(/C=C/C(=O)O)cc2O1.[2H]CF. The number of hydrogen-bond donors (Lipinski definition) is 3. The Balaban J connectivity index is 0.000000266. The highest BCUT2D eigenvalue weighted by Gasteiger charge is 2.27. The van der Waals surface area contributed by atoms with Crippen molar-refractivity contribution in [1.29, 1.82) is 0 Å². The summed E-state index contributed by atoms with van der Waals surface area (Å²) >= 11 is 0. The van der Waals surface area contributed by atoms with Crippen molar-refractivity contribution in [2.45, 2.75) is 77.9 Å². The summed E-state index contributed by atoms with van der Waals surface area (Å²) in [5.41, 5.74) is 3.80. The minimum Gasteiger partial charge on any atom is -0.478 e. The van der Waals surface area contributed by atoms with E-state index in [9.17, 15) is 14.0 Å². The lowest BCUT2D eigenvalue weighted by molar-refractivity contribution is -0.180. The zero-order valence-electron chi connectivity index (χ0n) is 25.1. The number of ether oxygens (including phenoxy) is 3. The fourth-order valence-corrected chi connectivity index (χ4v) is 4.20. The molecule has 9 heteroatoms. The van der Waals surface area contributed by atoms with Crippen molar-refractivity contribution in [1.82, 2.24) is 10.6 Å². The van der Waals surface area contributed by atoms with Gasteiger partial charge in [-0.05, 0) is 81.5 Å². The van der Waals surface area contributed by atoms with E-state index in [-0.39, 0.29) is 6.09 Å². The average molecular weight is 560 g/mol. The Kier molecular flexibility index (Phi) is 12.0. The zero-order chi connectivity index (χ0) is 30.5. The van der Waals surface area contributed by atoms with Crippen molar-refractivity contribution in [2.75, 3.05) is 20.2 Å². The van der Waals surface area contributed by atoms with Gasteiger partial charge in [-0.2, -0.15) is 0 Å². The molecule has 0 aliphatic carbocycles. The van der Waals surface area contributed by atoms with Crippen LogP contribution in [0.25, 0.3) is 6.08 Å². The number of carbonyl (C=O) groups is 2. The molecule has 3 N–H and O–H groups in total. The van der Waals surface area contributed by atoms with E-state index in [0.29, 0.717) is 19.1 Å². The third-order valence-electron chi connectivity index (χ3n) is 6.04. The first-order valence-corrected chi connectivity index (χ1v) is 13.3. The van der Waals surface area contributed by atoms with E-state index < -0.39 is 24.5 Å². The molecule has 2 heterocycles. The summed E-state index contributed by atoms with van der Waals surface area (Å²) in [4.78, 5) is 22.1. The fraction of sp³-hybridized carbons (Fsp3) is 0.484. The maximum absolute atomic E-state index is 11.7. The van der Waals surface area contributed by atoms with Crippen LogP contribution in [0.4, 0.5) is 9.18 Å². The summed E-state index contributed by atoms with van der Waals surface area (Å²) in [5.74, 6) is -0.226. The first kappa shape index (κ1) is 31.1. The standard InChI is InChI=1S/C17H26N2O2.C13H14O4.CH3F/c1-17(2,3)21-16(20)19-12-13-5-4-6-15(11-13)14-7-9-18-10-8-14;1-13(2)16-8-10-5-3-9(4-6-12(14)15)7-11(10)17-13;1-2/h4-6,11,14,18H,7-10,12H2,1-3H3,(H,19,20);3-7H,8H2,1-2H3,(H,14,15);1H3/b;6-4+;/i;;1D. The van der Waals surface area contributed by atoms with Crippen molar-refractivity contribution in [3.05, 3.63) is 70.8 Å². The van der Waals surface area contributed by atoms with Gasteiger partial charge in [0.1, 0.15) is 11.4 Å². The minimum atomic E-state index is -1.00. The third kappa shape index (κ3) is 11.8. The Hall–Kier alpha value is -3.43. The number of amides is 1. The number of alkyl carbamates (subject to hydrolysis) is 1. The molecule has 0 bridgehead atoms. The Morgan fingerprint density at radius 1 is 1.23 bits per heavy atom. The number of aliphatic carboxylic acids is 1. The van der Waals surface area contributed by atoms with Crippen LogP contribution in [0.1, 0.15) is 77.0 Å². The molecule has 40 heavy (non-hydrogen) atoms. The van der Waals surface area contributed by atoms with Crippen LogP contribution in [-0.4, -0.2) is 48.8 Å². The highest BCUT2D eigenvalue weighted by Crippen LogP contribution is 2.32. The van der Waals surface area contributed by atoms with Gasteiger partial charge in [-0.1, -0.05) is 36.4 Å². The average Bonchev–Trinajstić information content (AvgIpc) is 2.90. The Morgan fingerprint density at radius 3 is 2.58 bits per heavy atom. The van der Waals surface area contributed by atoms with E-state index in [4.69, 9.17) is 20.7 Å². The molecule has 4 rings (SSSR count). The second kappa shape index (κ2) is 15.4. The summed E-state index contributed by atoms with van der Waals surface area (Å²) < 4.78 is 31.9. The largest absolute Gasteiger partial charge is 0.478 e. The first-order valence-electron chi connectivity index (χ1n) is 14.0. The predicted molar refractivity (Wildman–Crippen MR) is 154 cm³/mol. The summed E-state index contributed by atoms with van der Waals surface area (Å²) in [6.45, 7) is 12.5. The number of fused-ring (bicyclic) bond motifs is 1. The van der Waals surface area contributed by atoms with Gasteiger partial charge in [0.25, 0.3) is 0 Å². The van der Waals surface area contributed by atoms with Gasteiger partial charge >= 0.3 is 12.1 Å². The third-order valence-corrected chi connectivity index (χ3v) is 6.04. The van der Waals surface area contributed by atoms with Crippen LogP contribution in [-0.2, 0) is 27.4 Å². The van der Waals surface area contributed by atoms with Gasteiger partial charge in [-0.25, -0.2) is 9.59 Å². The Labute approximate surface area is 238 Å². The number of halogens is 1. The van der Waals surface area contributed by atoms with Crippen LogP contribution in [0.5, 0.6) is 5.75 Å². The van der Waals surface area contributed by atoms with E-state index >= 15 is 0 Å². The maximum atomic E-state index is 11.7. The lowest BCUT2D eigenvalue weighted by atomic mass is 9.89. The summed E-state index contributed by atoms with van der Waals surface area (Å²) in [5, 5.41) is 14.8. The number of benzene rings is 2.